The Morgan fingerprint density at radius 3 is 2.37 bits per heavy atom. The van der Waals surface area contributed by atoms with E-state index in [0.29, 0.717) is 25.2 Å². The number of ether oxygens (including phenoxy) is 2. The molecule has 1 atom stereocenters. The van der Waals surface area contributed by atoms with Gasteiger partial charge in [0.05, 0.1) is 7.11 Å². The average Bonchev–Trinajstić information content (AvgIpc) is 2.65. The van der Waals surface area contributed by atoms with Crippen LogP contribution in [0.3, 0.4) is 0 Å². The molecule has 0 aliphatic rings. The molecule has 2 rings (SSSR count). The van der Waals surface area contributed by atoms with Gasteiger partial charge in [0.15, 0.2) is 0 Å². The van der Waals surface area contributed by atoms with E-state index in [9.17, 15) is 9.59 Å². The van der Waals surface area contributed by atoms with E-state index in [2.05, 4.69) is 5.32 Å². The van der Waals surface area contributed by atoms with Crippen LogP contribution in [0.1, 0.15) is 31.4 Å². The van der Waals surface area contributed by atoms with Crippen molar-refractivity contribution < 1.29 is 19.1 Å². The minimum atomic E-state index is -0.717. The SMILES string of the molecule is COC(=O)[C@H](Cc1cccc(OCc2ccccc2)c1)NC(=O)CC(C)C. The predicted octanol–water partition coefficient (Wildman–Crippen LogP) is 3.51. The standard InChI is InChI=1S/C22H27NO4/c1-16(2)12-21(24)23-20(22(25)26-3)14-18-10-7-11-19(13-18)27-15-17-8-5-4-6-9-17/h4-11,13,16,20H,12,14-15H2,1-3H3,(H,23,24)/t20-/m0/s1. The van der Waals surface area contributed by atoms with E-state index >= 15 is 0 Å². The first-order valence-corrected chi connectivity index (χ1v) is 9.10. The summed E-state index contributed by atoms with van der Waals surface area (Å²) in [5, 5.41) is 2.77. The number of hydrogen-bond donors (Lipinski definition) is 1. The molecule has 1 amide bonds. The van der Waals surface area contributed by atoms with Crippen molar-refractivity contribution in [2.45, 2.75) is 39.3 Å². The summed E-state index contributed by atoms with van der Waals surface area (Å²) in [7, 11) is 1.32. The molecule has 27 heavy (non-hydrogen) atoms. The normalized spacial score (nSPS) is 11.7. The van der Waals surface area contributed by atoms with E-state index in [1.165, 1.54) is 7.11 Å². The van der Waals surface area contributed by atoms with Crippen molar-refractivity contribution in [1.29, 1.82) is 0 Å². The molecule has 144 valence electrons. The number of methoxy groups -OCH3 is 1. The van der Waals surface area contributed by atoms with Crippen LogP contribution in [0.25, 0.3) is 0 Å². The van der Waals surface area contributed by atoms with Crippen molar-refractivity contribution in [2.75, 3.05) is 7.11 Å². The van der Waals surface area contributed by atoms with Gasteiger partial charge in [0.1, 0.15) is 18.4 Å². The summed E-state index contributed by atoms with van der Waals surface area (Å²) >= 11 is 0. The molecule has 0 heterocycles. The molecule has 2 aromatic rings. The minimum Gasteiger partial charge on any atom is -0.489 e. The van der Waals surface area contributed by atoms with E-state index < -0.39 is 12.0 Å². The molecule has 0 saturated carbocycles. The molecule has 0 aromatic heterocycles. The van der Waals surface area contributed by atoms with Crippen LogP contribution in [0.15, 0.2) is 54.6 Å². The number of hydrogen-bond acceptors (Lipinski definition) is 4. The van der Waals surface area contributed by atoms with Gasteiger partial charge in [0, 0.05) is 12.8 Å². The van der Waals surface area contributed by atoms with Crippen molar-refractivity contribution in [2.24, 2.45) is 5.92 Å². The summed E-state index contributed by atoms with van der Waals surface area (Å²) in [6.45, 7) is 4.39. The molecule has 0 saturated heterocycles. The molecule has 5 nitrogen and oxygen atoms in total. The zero-order chi connectivity index (χ0) is 19.6. The van der Waals surface area contributed by atoms with E-state index in [-0.39, 0.29) is 11.8 Å². The fourth-order valence-electron chi connectivity index (χ4n) is 2.70. The van der Waals surface area contributed by atoms with Gasteiger partial charge in [-0.1, -0.05) is 56.3 Å². The van der Waals surface area contributed by atoms with Gasteiger partial charge in [-0.25, -0.2) is 4.79 Å². The van der Waals surface area contributed by atoms with Crippen molar-refractivity contribution in [3.8, 4) is 5.75 Å². The molecule has 0 fully saturated rings. The topological polar surface area (TPSA) is 64.6 Å². The molecule has 5 heteroatoms. The third-order valence-electron chi connectivity index (χ3n) is 4.00. The first-order valence-electron chi connectivity index (χ1n) is 9.10. The summed E-state index contributed by atoms with van der Waals surface area (Å²) in [4.78, 5) is 24.1. The monoisotopic (exact) mass is 369 g/mol. The average molecular weight is 369 g/mol. The highest BCUT2D eigenvalue weighted by Crippen LogP contribution is 2.17. The van der Waals surface area contributed by atoms with Crippen LogP contribution >= 0.6 is 0 Å². The van der Waals surface area contributed by atoms with Gasteiger partial charge in [0.25, 0.3) is 0 Å². The second-order valence-corrected chi connectivity index (χ2v) is 6.87. The Morgan fingerprint density at radius 1 is 1.00 bits per heavy atom. The maximum atomic E-state index is 12.1. The van der Waals surface area contributed by atoms with Crippen molar-refractivity contribution in [3.05, 3.63) is 65.7 Å². The maximum Gasteiger partial charge on any atom is 0.328 e. The molecule has 1 N–H and O–H groups in total. The van der Waals surface area contributed by atoms with Crippen LogP contribution < -0.4 is 10.1 Å². The Morgan fingerprint density at radius 2 is 1.70 bits per heavy atom. The predicted molar refractivity (Wildman–Crippen MR) is 104 cm³/mol. The van der Waals surface area contributed by atoms with Gasteiger partial charge in [-0.05, 0) is 29.2 Å². The summed E-state index contributed by atoms with van der Waals surface area (Å²) < 4.78 is 10.7. The van der Waals surface area contributed by atoms with Crippen LogP contribution in [-0.4, -0.2) is 25.0 Å². The lowest BCUT2D eigenvalue weighted by Gasteiger charge is -2.18. The fourth-order valence-corrected chi connectivity index (χ4v) is 2.70. The Kier molecular flexibility index (Phi) is 7.86. The van der Waals surface area contributed by atoms with Crippen LogP contribution in [0.5, 0.6) is 5.75 Å². The van der Waals surface area contributed by atoms with Crippen LogP contribution in [0, 0.1) is 5.92 Å². The van der Waals surface area contributed by atoms with Gasteiger partial charge in [0.2, 0.25) is 5.91 Å². The Bertz CT molecular complexity index is 743. The largest absolute Gasteiger partial charge is 0.489 e. The molecule has 2 aromatic carbocycles. The first kappa shape index (κ1) is 20.5. The molecule has 0 bridgehead atoms. The summed E-state index contributed by atoms with van der Waals surface area (Å²) in [6.07, 6.45) is 0.715. The van der Waals surface area contributed by atoms with Crippen molar-refractivity contribution >= 4 is 11.9 Å². The number of carbonyl (C=O) groups is 2. The molecular formula is C22H27NO4. The molecule has 0 unspecified atom stereocenters. The van der Waals surface area contributed by atoms with Gasteiger partial charge in [-0.3, -0.25) is 4.79 Å². The zero-order valence-electron chi connectivity index (χ0n) is 16.1. The second kappa shape index (κ2) is 10.4. The Balaban J connectivity index is 2.02. The second-order valence-electron chi connectivity index (χ2n) is 6.87. The van der Waals surface area contributed by atoms with Crippen molar-refractivity contribution in [3.63, 3.8) is 0 Å². The van der Waals surface area contributed by atoms with Gasteiger partial charge in [-0.15, -0.1) is 0 Å². The highest BCUT2D eigenvalue weighted by Gasteiger charge is 2.22. The summed E-state index contributed by atoms with van der Waals surface area (Å²) in [6, 6.07) is 16.7. The fraction of sp³-hybridized carbons (Fsp3) is 0.364. The van der Waals surface area contributed by atoms with Crippen LogP contribution in [-0.2, 0) is 27.4 Å². The van der Waals surface area contributed by atoms with E-state index in [1.54, 1.807) is 0 Å². The Labute approximate surface area is 160 Å². The lowest BCUT2D eigenvalue weighted by Crippen LogP contribution is -2.43. The summed E-state index contributed by atoms with van der Waals surface area (Å²) in [5.41, 5.74) is 1.97. The number of esters is 1. The Hall–Kier alpha value is -2.82. The van der Waals surface area contributed by atoms with Crippen LogP contribution in [0.2, 0.25) is 0 Å². The lowest BCUT2D eigenvalue weighted by molar-refractivity contribution is -0.145. The molecule has 0 aliphatic carbocycles. The quantitative estimate of drug-likeness (QED) is 0.687. The van der Waals surface area contributed by atoms with Crippen LogP contribution in [0.4, 0.5) is 0 Å². The molecule has 0 radical (unpaired) electrons. The maximum absolute atomic E-state index is 12.1. The number of carbonyl (C=O) groups excluding carboxylic acids is 2. The first-order chi connectivity index (χ1) is 13.0. The van der Waals surface area contributed by atoms with E-state index in [4.69, 9.17) is 9.47 Å². The zero-order valence-corrected chi connectivity index (χ0v) is 16.1. The van der Waals surface area contributed by atoms with E-state index in [0.717, 1.165) is 11.1 Å². The van der Waals surface area contributed by atoms with E-state index in [1.807, 2.05) is 68.4 Å². The highest BCUT2D eigenvalue weighted by molar-refractivity contribution is 5.84. The molecule has 0 aliphatic heterocycles. The summed E-state index contributed by atoms with van der Waals surface area (Å²) in [5.74, 6) is 0.325. The molecular weight excluding hydrogens is 342 g/mol. The number of nitrogens with one attached hydrogen (secondary N) is 1. The molecule has 0 spiro atoms. The van der Waals surface area contributed by atoms with Gasteiger partial charge in [-0.2, -0.15) is 0 Å². The smallest absolute Gasteiger partial charge is 0.328 e. The third-order valence-corrected chi connectivity index (χ3v) is 4.00. The third kappa shape index (κ3) is 7.13. The number of rotatable bonds is 9. The van der Waals surface area contributed by atoms with Gasteiger partial charge < -0.3 is 14.8 Å². The minimum absolute atomic E-state index is 0.156. The highest BCUT2D eigenvalue weighted by atomic mass is 16.5. The lowest BCUT2D eigenvalue weighted by atomic mass is 10.0. The number of benzene rings is 2. The number of amides is 1. The van der Waals surface area contributed by atoms with Crippen molar-refractivity contribution in [1.82, 2.24) is 5.32 Å². The van der Waals surface area contributed by atoms with Gasteiger partial charge >= 0.3 is 5.97 Å².